The van der Waals surface area contributed by atoms with Crippen LogP contribution in [0.5, 0.6) is 0 Å². The molecule has 0 aliphatic carbocycles. The Balaban J connectivity index is 1.92. The van der Waals surface area contributed by atoms with E-state index in [-0.39, 0.29) is 16.7 Å². The van der Waals surface area contributed by atoms with Gasteiger partial charge in [0.2, 0.25) is 5.91 Å². The first-order valence-corrected chi connectivity index (χ1v) is 8.96. The van der Waals surface area contributed by atoms with Crippen molar-refractivity contribution in [1.29, 1.82) is 0 Å². The highest BCUT2D eigenvalue weighted by Gasteiger charge is 2.31. The van der Waals surface area contributed by atoms with Gasteiger partial charge in [0.15, 0.2) is 5.82 Å². The molecule has 0 unspecified atom stereocenters. The largest absolute Gasteiger partial charge is 0.303 e. The van der Waals surface area contributed by atoms with Gasteiger partial charge in [-0.05, 0) is 19.8 Å². The second-order valence-corrected chi connectivity index (χ2v) is 8.87. The fourth-order valence-electron chi connectivity index (χ4n) is 2.57. The Hall–Kier alpha value is -1.01. The number of nitrogens with zero attached hydrogens (tertiary/aromatic N) is 3. The minimum Gasteiger partial charge on any atom is -0.303 e. The molecule has 0 radical (unpaired) electrons. The molecule has 1 amide bonds. The molecule has 2 heterocycles. The minimum atomic E-state index is -0.0914. The third kappa shape index (κ3) is 4.74. The summed E-state index contributed by atoms with van der Waals surface area (Å²) in [4.78, 5) is 14.5. The van der Waals surface area contributed by atoms with Crippen molar-refractivity contribution in [3.05, 3.63) is 12.3 Å². The molecule has 1 aromatic rings. The van der Waals surface area contributed by atoms with Crippen LogP contribution < -0.4 is 10.2 Å². The van der Waals surface area contributed by atoms with E-state index >= 15 is 0 Å². The van der Waals surface area contributed by atoms with E-state index in [1.54, 1.807) is 4.68 Å². The average Bonchev–Trinajstić information content (AvgIpc) is 2.84. The van der Waals surface area contributed by atoms with Crippen molar-refractivity contribution in [2.75, 3.05) is 17.2 Å². The summed E-state index contributed by atoms with van der Waals surface area (Å²) in [5, 5.41) is 7.86. The number of aromatic nitrogens is 2. The van der Waals surface area contributed by atoms with Crippen LogP contribution in [-0.2, 0) is 11.8 Å². The van der Waals surface area contributed by atoms with Crippen LogP contribution >= 0.6 is 11.8 Å². The van der Waals surface area contributed by atoms with E-state index in [1.165, 1.54) is 0 Å². The SMILES string of the molecule is C[C@H](CSC(C)(C)C)N[C@@H]1CCCN(c2ccn(C)n2)C1=O. The number of aryl methyl sites for hydroxylation is 1. The van der Waals surface area contributed by atoms with Crippen LogP contribution in [0.15, 0.2) is 12.3 Å². The molecule has 22 heavy (non-hydrogen) atoms. The third-order valence-electron chi connectivity index (χ3n) is 3.67. The fraction of sp³-hybridized carbons (Fsp3) is 0.750. The highest BCUT2D eigenvalue weighted by molar-refractivity contribution is 8.00. The second kappa shape index (κ2) is 7.04. The number of thioether (sulfide) groups is 1. The number of amides is 1. The van der Waals surface area contributed by atoms with Crippen LogP contribution in [0.25, 0.3) is 0 Å². The predicted molar refractivity (Wildman–Crippen MR) is 93.4 cm³/mol. The molecule has 0 bridgehead atoms. The van der Waals surface area contributed by atoms with Gasteiger partial charge in [0.1, 0.15) is 0 Å². The third-order valence-corrected chi connectivity index (χ3v) is 5.20. The first-order chi connectivity index (χ1) is 10.3. The van der Waals surface area contributed by atoms with Gasteiger partial charge in [0, 0.05) is 42.4 Å². The summed E-state index contributed by atoms with van der Waals surface area (Å²) in [7, 11) is 1.87. The van der Waals surface area contributed by atoms with E-state index in [9.17, 15) is 4.79 Å². The zero-order chi connectivity index (χ0) is 16.3. The Kier molecular flexibility index (Phi) is 5.55. The standard InChI is InChI=1S/C16H28N4OS/c1-12(11-22-16(2,3)4)17-13-7-6-9-20(15(13)21)14-8-10-19(5)18-14/h8,10,12-13,17H,6-7,9,11H2,1-5H3/t12-,13-/m1/s1. The van der Waals surface area contributed by atoms with Gasteiger partial charge < -0.3 is 5.32 Å². The van der Waals surface area contributed by atoms with Crippen molar-refractivity contribution in [3.8, 4) is 0 Å². The Morgan fingerprint density at radius 1 is 1.50 bits per heavy atom. The monoisotopic (exact) mass is 324 g/mol. The lowest BCUT2D eigenvalue weighted by Crippen LogP contribution is -2.53. The van der Waals surface area contributed by atoms with E-state index < -0.39 is 0 Å². The van der Waals surface area contributed by atoms with Crippen LogP contribution in [0.3, 0.4) is 0 Å². The number of carbonyl (C=O) groups excluding carboxylic acids is 1. The second-order valence-electron chi connectivity index (χ2n) is 7.02. The molecule has 1 fully saturated rings. The minimum absolute atomic E-state index is 0.0914. The van der Waals surface area contributed by atoms with Crippen molar-refractivity contribution in [1.82, 2.24) is 15.1 Å². The Labute approximate surface area is 137 Å². The molecule has 124 valence electrons. The van der Waals surface area contributed by atoms with Gasteiger partial charge in [-0.3, -0.25) is 14.4 Å². The van der Waals surface area contributed by atoms with Gasteiger partial charge in [-0.25, -0.2) is 0 Å². The zero-order valence-electron chi connectivity index (χ0n) is 14.3. The summed E-state index contributed by atoms with van der Waals surface area (Å²) in [5.41, 5.74) is 0. The zero-order valence-corrected chi connectivity index (χ0v) is 15.1. The van der Waals surface area contributed by atoms with Crippen LogP contribution in [0.2, 0.25) is 0 Å². The topological polar surface area (TPSA) is 50.2 Å². The van der Waals surface area contributed by atoms with Crippen molar-refractivity contribution in [3.63, 3.8) is 0 Å². The quantitative estimate of drug-likeness (QED) is 0.904. The number of hydrogen-bond donors (Lipinski definition) is 1. The Morgan fingerprint density at radius 3 is 2.82 bits per heavy atom. The molecular weight excluding hydrogens is 296 g/mol. The Morgan fingerprint density at radius 2 is 2.23 bits per heavy atom. The molecule has 0 spiro atoms. The van der Waals surface area contributed by atoms with E-state index in [1.807, 2.05) is 36.0 Å². The van der Waals surface area contributed by atoms with Crippen molar-refractivity contribution < 1.29 is 4.79 Å². The fourth-order valence-corrected chi connectivity index (χ4v) is 3.42. The van der Waals surface area contributed by atoms with Gasteiger partial charge in [-0.2, -0.15) is 16.9 Å². The summed E-state index contributed by atoms with van der Waals surface area (Å²) < 4.78 is 1.99. The molecule has 1 aliphatic rings. The van der Waals surface area contributed by atoms with E-state index in [0.717, 1.165) is 31.0 Å². The van der Waals surface area contributed by atoms with E-state index in [4.69, 9.17) is 0 Å². The van der Waals surface area contributed by atoms with Gasteiger partial charge in [0.25, 0.3) is 0 Å². The smallest absolute Gasteiger partial charge is 0.245 e. The number of piperidine rings is 1. The van der Waals surface area contributed by atoms with Crippen molar-refractivity contribution in [2.24, 2.45) is 7.05 Å². The first-order valence-electron chi connectivity index (χ1n) is 7.97. The maximum absolute atomic E-state index is 12.7. The lowest BCUT2D eigenvalue weighted by Gasteiger charge is -2.33. The lowest BCUT2D eigenvalue weighted by molar-refractivity contribution is -0.122. The number of rotatable bonds is 5. The highest BCUT2D eigenvalue weighted by Crippen LogP contribution is 2.24. The highest BCUT2D eigenvalue weighted by atomic mass is 32.2. The molecule has 1 saturated heterocycles. The van der Waals surface area contributed by atoms with Crippen molar-refractivity contribution >= 4 is 23.5 Å². The predicted octanol–water partition coefficient (Wildman–Crippen LogP) is 2.43. The van der Waals surface area contributed by atoms with Crippen LogP contribution in [0.1, 0.15) is 40.5 Å². The lowest BCUT2D eigenvalue weighted by atomic mass is 10.0. The number of carbonyl (C=O) groups is 1. The van der Waals surface area contributed by atoms with Crippen LogP contribution in [0, 0.1) is 0 Å². The van der Waals surface area contributed by atoms with E-state index in [2.05, 4.69) is 38.1 Å². The molecule has 1 aromatic heterocycles. The first kappa shape index (κ1) is 17.3. The molecule has 1 aliphatic heterocycles. The molecular formula is C16H28N4OS. The van der Waals surface area contributed by atoms with Gasteiger partial charge in [-0.1, -0.05) is 20.8 Å². The normalized spacial score (nSPS) is 21.2. The molecule has 0 aromatic carbocycles. The van der Waals surface area contributed by atoms with Crippen LogP contribution in [-0.4, -0.2) is 44.8 Å². The summed E-state index contributed by atoms with van der Waals surface area (Å²) >= 11 is 1.93. The summed E-state index contributed by atoms with van der Waals surface area (Å²) in [6, 6.07) is 2.13. The summed E-state index contributed by atoms with van der Waals surface area (Å²) in [6.45, 7) is 9.59. The van der Waals surface area contributed by atoms with E-state index in [0.29, 0.717) is 6.04 Å². The number of nitrogens with one attached hydrogen (secondary N) is 1. The molecule has 1 N–H and O–H groups in total. The summed E-state index contributed by atoms with van der Waals surface area (Å²) in [6.07, 6.45) is 3.80. The maximum atomic E-state index is 12.7. The average molecular weight is 324 g/mol. The summed E-state index contributed by atoms with van der Waals surface area (Å²) in [5.74, 6) is 1.92. The van der Waals surface area contributed by atoms with Gasteiger partial charge >= 0.3 is 0 Å². The molecule has 0 saturated carbocycles. The van der Waals surface area contributed by atoms with Crippen molar-refractivity contribution in [2.45, 2.75) is 57.4 Å². The van der Waals surface area contributed by atoms with Gasteiger partial charge in [-0.15, -0.1) is 0 Å². The number of hydrogen-bond acceptors (Lipinski definition) is 4. The molecule has 2 rings (SSSR count). The van der Waals surface area contributed by atoms with Gasteiger partial charge in [0.05, 0.1) is 6.04 Å². The molecule has 5 nitrogen and oxygen atoms in total. The molecule has 6 heteroatoms. The number of anilines is 1. The van der Waals surface area contributed by atoms with Crippen LogP contribution in [0.4, 0.5) is 5.82 Å². The Bertz CT molecular complexity index is 508. The maximum Gasteiger partial charge on any atom is 0.245 e. The molecule has 2 atom stereocenters.